The Kier molecular flexibility index (Phi) is 18.8. The number of nitrogens with one attached hydrogen (secondary N) is 2. The molecule has 6 nitrogen and oxygen atoms in total. The van der Waals surface area contributed by atoms with E-state index in [4.69, 9.17) is 5.73 Å². The molecule has 0 aliphatic heterocycles. The van der Waals surface area contributed by atoms with Gasteiger partial charge < -0.3 is 21.1 Å². The maximum Gasteiger partial charge on any atom is 0.305 e. The first-order chi connectivity index (χ1) is 13.1. The fourth-order valence-electron chi connectivity index (χ4n) is 2.93. The molecule has 0 bridgehead atoms. The van der Waals surface area contributed by atoms with Gasteiger partial charge in [-0.25, -0.2) is 0 Å². The second-order valence-electron chi connectivity index (χ2n) is 7.30. The summed E-state index contributed by atoms with van der Waals surface area (Å²) in [5.41, 5.74) is 5.75. The molecule has 0 aliphatic rings. The SMILES string of the molecule is CCCCCCCCCCCCNCCCNC(=O)[C@@H](N)CCC(=O)OC. The van der Waals surface area contributed by atoms with Gasteiger partial charge >= 0.3 is 5.97 Å². The number of carbonyl (C=O) groups is 2. The van der Waals surface area contributed by atoms with Crippen molar-refractivity contribution in [1.82, 2.24) is 10.6 Å². The zero-order chi connectivity index (χ0) is 20.2. The van der Waals surface area contributed by atoms with Crippen molar-refractivity contribution in [2.24, 2.45) is 5.73 Å². The second-order valence-corrected chi connectivity index (χ2v) is 7.30. The molecule has 0 saturated heterocycles. The minimum absolute atomic E-state index is 0.172. The highest BCUT2D eigenvalue weighted by atomic mass is 16.5. The molecule has 0 saturated carbocycles. The fraction of sp³-hybridized carbons (Fsp3) is 0.905. The predicted octanol–water partition coefficient (Wildman–Crippen LogP) is 3.28. The number of rotatable bonds is 19. The van der Waals surface area contributed by atoms with E-state index in [0.29, 0.717) is 13.0 Å². The zero-order valence-corrected chi connectivity index (χ0v) is 17.7. The second kappa shape index (κ2) is 19.6. The van der Waals surface area contributed by atoms with Crippen molar-refractivity contribution in [3.05, 3.63) is 0 Å². The normalized spacial score (nSPS) is 12.0. The summed E-state index contributed by atoms with van der Waals surface area (Å²) in [7, 11) is 1.33. The van der Waals surface area contributed by atoms with Crippen LogP contribution >= 0.6 is 0 Å². The lowest BCUT2D eigenvalue weighted by atomic mass is 10.1. The molecule has 6 heteroatoms. The first kappa shape index (κ1) is 25.9. The van der Waals surface area contributed by atoms with Gasteiger partial charge in [-0.05, 0) is 32.4 Å². The van der Waals surface area contributed by atoms with Crippen molar-refractivity contribution in [2.75, 3.05) is 26.7 Å². The van der Waals surface area contributed by atoms with Crippen LogP contribution < -0.4 is 16.4 Å². The summed E-state index contributed by atoms with van der Waals surface area (Å²) in [6.07, 6.45) is 14.9. The van der Waals surface area contributed by atoms with E-state index in [1.165, 1.54) is 71.3 Å². The van der Waals surface area contributed by atoms with Crippen molar-refractivity contribution < 1.29 is 14.3 Å². The van der Waals surface area contributed by atoms with Crippen LogP contribution in [0.4, 0.5) is 0 Å². The minimum atomic E-state index is -0.649. The number of esters is 1. The molecule has 27 heavy (non-hydrogen) atoms. The van der Waals surface area contributed by atoms with Gasteiger partial charge in [0.05, 0.1) is 13.2 Å². The van der Waals surface area contributed by atoms with Crippen LogP contribution in [0, 0.1) is 0 Å². The lowest BCUT2D eigenvalue weighted by Gasteiger charge is -2.11. The highest BCUT2D eigenvalue weighted by Crippen LogP contribution is 2.10. The van der Waals surface area contributed by atoms with Crippen molar-refractivity contribution in [3.63, 3.8) is 0 Å². The first-order valence-corrected chi connectivity index (χ1v) is 10.9. The molecule has 0 heterocycles. The van der Waals surface area contributed by atoms with Crippen molar-refractivity contribution in [1.29, 1.82) is 0 Å². The van der Waals surface area contributed by atoms with Gasteiger partial charge in [0.15, 0.2) is 0 Å². The van der Waals surface area contributed by atoms with Gasteiger partial charge in [0.1, 0.15) is 0 Å². The number of unbranched alkanes of at least 4 members (excludes halogenated alkanes) is 9. The minimum Gasteiger partial charge on any atom is -0.469 e. The molecule has 0 unspecified atom stereocenters. The summed E-state index contributed by atoms with van der Waals surface area (Å²) in [4.78, 5) is 22.8. The maximum absolute atomic E-state index is 11.8. The average Bonchev–Trinajstić information content (AvgIpc) is 2.68. The van der Waals surface area contributed by atoms with E-state index in [1.54, 1.807) is 0 Å². The van der Waals surface area contributed by atoms with Gasteiger partial charge in [0.25, 0.3) is 0 Å². The number of hydrogen-bond acceptors (Lipinski definition) is 5. The Labute approximate surface area is 166 Å². The first-order valence-electron chi connectivity index (χ1n) is 10.9. The van der Waals surface area contributed by atoms with Gasteiger partial charge in [0.2, 0.25) is 5.91 Å². The molecule has 1 amide bonds. The van der Waals surface area contributed by atoms with Crippen LogP contribution in [-0.4, -0.2) is 44.7 Å². The third-order valence-corrected chi connectivity index (χ3v) is 4.76. The van der Waals surface area contributed by atoms with E-state index in [0.717, 1.165) is 19.5 Å². The third-order valence-electron chi connectivity index (χ3n) is 4.76. The van der Waals surface area contributed by atoms with E-state index >= 15 is 0 Å². The molecule has 0 fully saturated rings. The molecule has 4 N–H and O–H groups in total. The number of amides is 1. The van der Waals surface area contributed by atoms with Crippen LogP contribution in [-0.2, 0) is 14.3 Å². The molecule has 160 valence electrons. The van der Waals surface area contributed by atoms with E-state index in [2.05, 4.69) is 22.3 Å². The highest BCUT2D eigenvalue weighted by Gasteiger charge is 2.14. The number of ether oxygens (including phenoxy) is 1. The topological polar surface area (TPSA) is 93.5 Å². The van der Waals surface area contributed by atoms with E-state index in [9.17, 15) is 9.59 Å². The summed E-state index contributed by atoms with van der Waals surface area (Å²) in [5.74, 6) is -0.539. The molecule has 0 aromatic carbocycles. The van der Waals surface area contributed by atoms with Crippen LogP contribution in [0.25, 0.3) is 0 Å². The highest BCUT2D eigenvalue weighted by molar-refractivity contribution is 5.82. The van der Waals surface area contributed by atoms with Crippen LogP contribution in [0.2, 0.25) is 0 Å². The third kappa shape index (κ3) is 18.0. The molecule has 0 aromatic rings. The maximum atomic E-state index is 11.8. The molecular formula is C21H43N3O3. The predicted molar refractivity (Wildman–Crippen MR) is 112 cm³/mol. The monoisotopic (exact) mass is 385 g/mol. The fourth-order valence-corrected chi connectivity index (χ4v) is 2.93. The summed E-state index contributed by atoms with van der Waals surface area (Å²) in [6, 6.07) is -0.649. The number of carbonyl (C=O) groups excluding carboxylic acids is 2. The Hall–Kier alpha value is -1.14. The lowest BCUT2D eigenvalue weighted by Crippen LogP contribution is -2.41. The van der Waals surface area contributed by atoms with Crippen molar-refractivity contribution in [2.45, 2.75) is 96.4 Å². The van der Waals surface area contributed by atoms with Gasteiger partial charge in [0, 0.05) is 13.0 Å². The largest absolute Gasteiger partial charge is 0.469 e. The quantitative estimate of drug-likeness (QED) is 0.234. The van der Waals surface area contributed by atoms with Gasteiger partial charge in [-0.15, -0.1) is 0 Å². The lowest BCUT2D eigenvalue weighted by molar-refractivity contribution is -0.140. The standard InChI is InChI=1S/C21H43N3O3/c1-3-4-5-6-7-8-9-10-11-12-16-23-17-13-18-24-21(26)19(22)14-15-20(25)27-2/h19,23H,3-18,22H2,1-2H3,(H,24,26)/t19-/m0/s1. The van der Waals surface area contributed by atoms with Crippen LogP contribution in [0.5, 0.6) is 0 Å². The molecule has 0 radical (unpaired) electrons. The summed E-state index contributed by atoms with van der Waals surface area (Å²) in [5, 5.41) is 6.23. The van der Waals surface area contributed by atoms with Gasteiger partial charge in [-0.1, -0.05) is 64.7 Å². The smallest absolute Gasteiger partial charge is 0.305 e. The Morgan fingerprint density at radius 3 is 2.00 bits per heavy atom. The van der Waals surface area contributed by atoms with Crippen LogP contribution in [0.15, 0.2) is 0 Å². The zero-order valence-electron chi connectivity index (χ0n) is 17.7. The summed E-state index contributed by atoms with van der Waals surface area (Å²) < 4.78 is 4.54. The van der Waals surface area contributed by atoms with Crippen LogP contribution in [0.3, 0.4) is 0 Å². The number of hydrogen-bond donors (Lipinski definition) is 3. The molecule has 0 aliphatic carbocycles. The number of nitrogens with two attached hydrogens (primary N) is 1. The van der Waals surface area contributed by atoms with Gasteiger partial charge in [-0.3, -0.25) is 9.59 Å². The molecular weight excluding hydrogens is 342 g/mol. The Morgan fingerprint density at radius 2 is 1.41 bits per heavy atom. The molecule has 0 rings (SSSR count). The average molecular weight is 386 g/mol. The van der Waals surface area contributed by atoms with Crippen LogP contribution in [0.1, 0.15) is 90.4 Å². The van der Waals surface area contributed by atoms with Gasteiger partial charge in [-0.2, -0.15) is 0 Å². The van der Waals surface area contributed by atoms with Crippen molar-refractivity contribution >= 4 is 11.9 Å². The van der Waals surface area contributed by atoms with E-state index in [-0.39, 0.29) is 18.3 Å². The Bertz CT molecular complexity index is 365. The molecule has 0 aromatic heterocycles. The number of methoxy groups -OCH3 is 1. The Balaban J connectivity index is 3.28. The Morgan fingerprint density at radius 1 is 0.852 bits per heavy atom. The summed E-state index contributed by atoms with van der Waals surface area (Å²) in [6.45, 7) is 4.81. The summed E-state index contributed by atoms with van der Waals surface area (Å²) >= 11 is 0. The van der Waals surface area contributed by atoms with E-state index in [1.807, 2.05) is 0 Å². The molecule has 0 spiro atoms. The van der Waals surface area contributed by atoms with Crippen molar-refractivity contribution in [3.8, 4) is 0 Å². The van der Waals surface area contributed by atoms with E-state index < -0.39 is 6.04 Å². The molecule has 1 atom stereocenters.